The molecule has 0 aliphatic carbocycles. The monoisotopic (exact) mass is 290 g/mol. The van der Waals surface area contributed by atoms with E-state index in [-0.39, 0.29) is 6.03 Å². The fraction of sp³-hybridized carbons (Fsp3) is 0.267. The first-order chi connectivity index (χ1) is 10.2. The summed E-state index contributed by atoms with van der Waals surface area (Å²) in [6, 6.07) is 6.76. The van der Waals surface area contributed by atoms with Gasteiger partial charge in [0.25, 0.3) is 0 Å². The van der Waals surface area contributed by atoms with Crippen LogP contribution in [0.1, 0.15) is 5.56 Å². The molecule has 0 fully saturated rings. The number of methoxy groups -OCH3 is 2. The number of rotatable bonds is 6. The minimum absolute atomic E-state index is 0.284. The number of carbonyl (C=O) groups is 1. The third-order valence-corrected chi connectivity index (χ3v) is 2.89. The lowest BCUT2D eigenvalue weighted by atomic mass is 10.2. The Morgan fingerprint density at radius 1 is 1.19 bits per heavy atom. The van der Waals surface area contributed by atoms with Gasteiger partial charge in [0.15, 0.2) is 0 Å². The Morgan fingerprint density at radius 2 is 1.90 bits per heavy atom. The molecule has 1 aromatic heterocycles. The lowest BCUT2D eigenvalue weighted by Crippen LogP contribution is -2.30. The number of carbonyl (C=O) groups excluding carboxylic acids is 1. The van der Waals surface area contributed by atoms with Crippen LogP contribution in [-0.2, 0) is 6.42 Å². The average Bonchev–Trinajstić information content (AvgIpc) is 3.00. The van der Waals surface area contributed by atoms with Crippen molar-refractivity contribution >= 4 is 11.7 Å². The van der Waals surface area contributed by atoms with Crippen LogP contribution in [0.3, 0.4) is 0 Å². The van der Waals surface area contributed by atoms with Gasteiger partial charge in [0, 0.05) is 30.4 Å². The highest BCUT2D eigenvalue weighted by molar-refractivity contribution is 5.89. The maximum atomic E-state index is 11.8. The average molecular weight is 290 g/mol. The lowest BCUT2D eigenvalue weighted by Gasteiger charge is -2.10. The van der Waals surface area contributed by atoms with Crippen molar-refractivity contribution in [2.24, 2.45) is 0 Å². The molecule has 0 spiro atoms. The number of anilines is 1. The van der Waals surface area contributed by atoms with Gasteiger partial charge in [-0.25, -0.2) is 4.79 Å². The van der Waals surface area contributed by atoms with Gasteiger partial charge < -0.3 is 24.5 Å². The van der Waals surface area contributed by atoms with E-state index in [0.29, 0.717) is 30.2 Å². The van der Waals surface area contributed by atoms with Gasteiger partial charge in [-0.2, -0.15) is 0 Å². The molecule has 2 N–H and O–H groups in total. The number of ether oxygens (including phenoxy) is 2. The topological polar surface area (TPSA) is 72.7 Å². The summed E-state index contributed by atoms with van der Waals surface area (Å²) >= 11 is 0. The van der Waals surface area contributed by atoms with Gasteiger partial charge in [-0.05, 0) is 18.1 Å². The van der Waals surface area contributed by atoms with Gasteiger partial charge in [-0.1, -0.05) is 0 Å². The molecule has 0 atom stereocenters. The second-order valence-corrected chi connectivity index (χ2v) is 4.36. The molecule has 0 bridgehead atoms. The maximum Gasteiger partial charge on any atom is 0.319 e. The van der Waals surface area contributed by atoms with E-state index in [1.807, 2.05) is 6.07 Å². The van der Waals surface area contributed by atoms with Crippen LogP contribution in [0.15, 0.2) is 41.2 Å². The van der Waals surface area contributed by atoms with Crippen LogP contribution in [0.4, 0.5) is 10.5 Å². The summed E-state index contributed by atoms with van der Waals surface area (Å²) in [6.07, 6.45) is 3.98. The zero-order valence-electron chi connectivity index (χ0n) is 12.0. The molecule has 0 unspecified atom stereocenters. The highest BCUT2D eigenvalue weighted by Crippen LogP contribution is 2.25. The zero-order valence-corrected chi connectivity index (χ0v) is 12.0. The predicted octanol–water partition coefficient (Wildman–Crippen LogP) is 2.66. The van der Waals surface area contributed by atoms with Crippen molar-refractivity contribution in [3.8, 4) is 11.5 Å². The maximum absolute atomic E-state index is 11.8. The molecule has 0 saturated carbocycles. The summed E-state index contributed by atoms with van der Waals surface area (Å²) < 4.78 is 15.3. The number of amides is 2. The molecular weight excluding hydrogens is 272 g/mol. The molecule has 6 nitrogen and oxygen atoms in total. The summed E-state index contributed by atoms with van der Waals surface area (Å²) in [4.78, 5) is 11.8. The Labute approximate surface area is 123 Å². The summed E-state index contributed by atoms with van der Waals surface area (Å²) in [6.45, 7) is 0.520. The smallest absolute Gasteiger partial charge is 0.319 e. The molecule has 2 rings (SSSR count). The third-order valence-electron chi connectivity index (χ3n) is 2.89. The van der Waals surface area contributed by atoms with Crippen molar-refractivity contribution < 1.29 is 18.7 Å². The van der Waals surface area contributed by atoms with E-state index in [1.54, 1.807) is 44.9 Å². The molecule has 1 aromatic carbocycles. The summed E-state index contributed by atoms with van der Waals surface area (Å²) in [7, 11) is 3.12. The molecule has 1 heterocycles. The van der Waals surface area contributed by atoms with Crippen molar-refractivity contribution in [3.05, 3.63) is 42.4 Å². The largest absolute Gasteiger partial charge is 0.497 e. The first-order valence-electron chi connectivity index (χ1n) is 6.50. The Bertz CT molecular complexity index is 559. The van der Waals surface area contributed by atoms with Gasteiger partial charge in [0.1, 0.15) is 11.5 Å². The summed E-state index contributed by atoms with van der Waals surface area (Å²) in [5.74, 6) is 1.23. The van der Waals surface area contributed by atoms with Crippen molar-refractivity contribution in [1.82, 2.24) is 5.32 Å². The minimum atomic E-state index is -0.284. The molecule has 6 heteroatoms. The van der Waals surface area contributed by atoms with Crippen LogP contribution >= 0.6 is 0 Å². The number of hydrogen-bond donors (Lipinski definition) is 2. The number of benzene rings is 1. The number of hydrogen-bond acceptors (Lipinski definition) is 4. The van der Waals surface area contributed by atoms with Gasteiger partial charge in [-0.3, -0.25) is 0 Å². The number of urea groups is 1. The molecule has 112 valence electrons. The first kappa shape index (κ1) is 14.8. The second kappa shape index (κ2) is 7.23. The molecule has 2 amide bonds. The minimum Gasteiger partial charge on any atom is -0.497 e. The van der Waals surface area contributed by atoms with Crippen LogP contribution in [0.5, 0.6) is 11.5 Å². The van der Waals surface area contributed by atoms with E-state index in [2.05, 4.69) is 10.6 Å². The van der Waals surface area contributed by atoms with Gasteiger partial charge >= 0.3 is 6.03 Å². The highest BCUT2D eigenvalue weighted by Gasteiger charge is 2.05. The molecule has 0 radical (unpaired) electrons. The zero-order chi connectivity index (χ0) is 15.1. The van der Waals surface area contributed by atoms with E-state index < -0.39 is 0 Å². The normalized spacial score (nSPS) is 10.0. The predicted molar refractivity (Wildman–Crippen MR) is 79.0 cm³/mol. The summed E-state index contributed by atoms with van der Waals surface area (Å²) in [5.41, 5.74) is 1.64. The molecule has 21 heavy (non-hydrogen) atoms. The molecule has 0 aliphatic heterocycles. The second-order valence-electron chi connectivity index (χ2n) is 4.36. The van der Waals surface area contributed by atoms with Crippen molar-refractivity contribution in [1.29, 1.82) is 0 Å². The van der Waals surface area contributed by atoms with E-state index in [9.17, 15) is 4.79 Å². The fourth-order valence-electron chi connectivity index (χ4n) is 1.81. The molecular formula is C15H18N2O4. The first-order valence-corrected chi connectivity index (χ1v) is 6.50. The van der Waals surface area contributed by atoms with Crippen molar-refractivity contribution in [2.75, 3.05) is 26.1 Å². The Hall–Kier alpha value is -2.63. The highest BCUT2D eigenvalue weighted by atomic mass is 16.5. The van der Waals surface area contributed by atoms with Crippen LogP contribution < -0.4 is 20.1 Å². The van der Waals surface area contributed by atoms with E-state index >= 15 is 0 Å². The Morgan fingerprint density at radius 3 is 2.48 bits per heavy atom. The lowest BCUT2D eigenvalue weighted by molar-refractivity contribution is 0.252. The van der Waals surface area contributed by atoms with Crippen LogP contribution in [0, 0.1) is 0 Å². The number of nitrogens with one attached hydrogen (secondary N) is 2. The fourth-order valence-corrected chi connectivity index (χ4v) is 1.81. The van der Waals surface area contributed by atoms with Crippen molar-refractivity contribution in [2.45, 2.75) is 6.42 Å². The molecule has 0 saturated heterocycles. The van der Waals surface area contributed by atoms with Crippen LogP contribution in [0.25, 0.3) is 0 Å². The van der Waals surface area contributed by atoms with E-state index in [4.69, 9.17) is 13.9 Å². The van der Waals surface area contributed by atoms with Gasteiger partial charge in [0.05, 0.1) is 26.7 Å². The Kier molecular flexibility index (Phi) is 5.09. The number of furan rings is 1. The SMILES string of the molecule is COc1cc(NC(=O)NCCc2ccoc2)cc(OC)c1. The van der Waals surface area contributed by atoms with Gasteiger partial charge in [-0.15, -0.1) is 0 Å². The summed E-state index contributed by atoms with van der Waals surface area (Å²) in [5, 5.41) is 5.51. The van der Waals surface area contributed by atoms with E-state index in [0.717, 1.165) is 5.56 Å². The standard InChI is InChI=1S/C15H18N2O4/c1-19-13-7-12(8-14(9-13)20-2)17-15(18)16-5-3-11-4-6-21-10-11/h4,6-10H,3,5H2,1-2H3,(H2,16,17,18). The molecule has 0 aliphatic rings. The Balaban J connectivity index is 1.86. The third kappa shape index (κ3) is 4.45. The van der Waals surface area contributed by atoms with Crippen LogP contribution in [-0.4, -0.2) is 26.8 Å². The molecule has 2 aromatic rings. The van der Waals surface area contributed by atoms with E-state index in [1.165, 1.54) is 0 Å². The van der Waals surface area contributed by atoms with Crippen molar-refractivity contribution in [3.63, 3.8) is 0 Å². The quantitative estimate of drug-likeness (QED) is 0.858. The van der Waals surface area contributed by atoms with Gasteiger partial charge in [0.2, 0.25) is 0 Å². The van der Waals surface area contributed by atoms with Crippen LogP contribution in [0.2, 0.25) is 0 Å².